The van der Waals surface area contributed by atoms with Crippen molar-refractivity contribution < 1.29 is 4.74 Å². The molecule has 0 radical (unpaired) electrons. The van der Waals surface area contributed by atoms with Gasteiger partial charge in [0.1, 0.15) is 11.5 Å². The monoisotopic (exact) mass is 188 g/mol. The maximum Gasteiger partial charge on any atom is 0.148 e. The summed E-state index contributed by atoms with van der Waals surface area (Å²) < 4.78 is 5.15. The van der Waals surface area contributed by atoms with E-state index in [1.165, 1.54) is 6.20 Å². The Bertz CT molecular complexity index is 359. The first-order chi connectivity index (χ1) is 6.83. The first kappa shape index (κ1) is 10.2. The second-order valence-corrected chi connectivity index (χ2v) is 2.46. The van der Waals surface area contributed by atoms with Crippen LogP contribution in [0.1, 0.15) is 0 Å². The second-order valence-electron chi connectivity index (χ2n) is 2.46. The zero-order valence-electron chi connectivity index (χ0n) is 8.10. The van der Waals surface area contributed by atoms with Crippen LogP contribution in [0.25, 0.3) is 0 Å². The molecule has 0 unspecified atom stereocenters. The van der Waals surface area contributed by atoms with Crippen LogP contribution in [0.4, 0.5) is 0 Å². The van der Waals surface area contributed by atoms with Crippen molar-refractivity contribution in [3.8, 4) is 0 Å². The summed E-state index contributed by atoms with van der Waals surface area (Å²) in [5.41, 5.74) is 1.39. The number of methoxy groups -OCH3 is 1. The van der Waals surface area contributed by atoms with Crippen LogP contribution < -0.4 is 0 Å². The minimum atomic E-state index is 0.671. The topological polar surface area (TPSA) is 34.0 Å². The molecule has 14 heavy (non-hydrogen) atoms. The molecule has 0 saturated carbocycles. The van der Waals surface area contributed by atoms with Gasteiger partial charge in [0.15, 0.2) is 0 Å². The van der Waals surface area contributed by atoms with Crippen molar-refractivity contribution in [3.05, 3.63) is 49.0 Å². The van der Waals surface area contributed by atoms with E-state index in [0.29, 0.717) is 11.5 Å². The molecule has 0 spiro atoms. The van der Waals surface area contributed by atoms with E-state index in [9.17, 15) is 0 Å². The second kappa shape index (κ2) is 4.97. The van der Waals surface area contributed by atoms with Gasteiger partial charge in [0.05, 0.1) is 12.8 Å². The fourth-order valence-electron chi connectivity index (χ4n) is 1.07. The number of ether oxygens (including phenoxy) is 1. The Morgan fingerprint density at radius 1 is 1.50 bits per heavy atom. The summed E-state index contributed by atoms with van der Waals surface area (Å²) >= 11 is 0. The predicted molar refractivity (Wildman–Crippen MR) is 59.5 cm³/mol. The lowest BCUT2D eigenvalue weighted by Crippen LogP contribution is -2.10. The quantitative estimate of drug-likeness (QED) is 0.668. The summed E-state index contributed by atoms with van der Waals surface area (Å²) in [4.78, 5) is 8.24. The molecule has 0 bridgehead atoms. The van der Waals surface area contributed by atoms with Gasteiger partial charge in [-0.25, -0.2) is 0 Å². The Morgan fingerprint density at radius 3 is 2.86 bits per heavy atom. The summed E-state index contributed by atoms with van der Waals surface area (Å²) in [5, 5.41) is 0. The van der Waals surface area contributed by atoms with E-state index in [1.54, 1.807) is 31.6 Å². The number of allylic oxidation sites excluding steroid dienone is 3. The molecule has 0 aromatic rings. The average molecular weight is 188 g/mol. The van der Waals surface area contributed by atoms with Crippen molar-refractivity contribution >= 4 is 11.9 Å². The molecule has 0 fully saturated rings. The number of rotatable bonds is 3. The first-order valence-corrected chi connectivity index (χ1v) is 4.14. The van der Waals surface area contributed by atoms with Crippen LogP contribution >= 0.6 is 0 Å². The first-order valence-electron chi connectivity index (χ1n) is 4.14. The third-order valence-corrected chi connectivity index (χ3v) is 1.63. The van der Waals surface area contributed by atoms with Gasteiger partial charge in [-0.1, -0.05) is 19.2 Å². The average Bonchev–Trinajstić information content (AvgIpc) is 2.21. The highest BCUT2D eigenvalue weighted by molar-refractivity contribution is 6.15. The molecular formula is C11H12N2O. The lowest BCUT2D eigenvalue weighted by Gasteiger charge is -2.11. The van der Waals surface area contributed by atoms with E-state index in [4.69, 9.17) is 4.74 Å². The third-order valence-electron chi connectivity index (χ3n) is 1.63. The summed E-state index contributed by atoms with van der Waals surface area (Å²) in [6.45, 7) is 7.15. The van der Waals surface area contributed by atoms with Crippen molar-refractivity contribution in [3.63, 3.8) is 0 Å². The molecule has 1 heterocycles. The Morgan fingerprint density at radius 2 is 2.29 bits per heavy atom. The van der Waals surface area contributed by atoms with Gasteiger partial charge in [-0.15, -0.1) is 0 Å². The van der Waals surface area contributed by atoms with E-state index in [0.717, 1.165) is 5.70 Å². The lowest BCUT2D eigenvalue weighted by molar-refractivity contribution is 0.315. The van der Waals surface area contributed by atoms with Gasteiger partial charge >= 0.3 is 0 Å². The fraction of sp³-hybridized carbons (Fsp3) is 0.0909. The summed E-state index contributed by atoms with van der Waals surface area (Å²) in [5.74, 6) is 0.674. The molecule has 0 atom stereocenters. The smallest absolute Gasteiger partial charge is 0.148 e. The minimum Gasteiger partial charge on any atom is -0.494 e. The van der Waals surface area contributed by atoms with Crippen molar-refractivity contribution in [1.29, 1.82) is 0 Å². The molecule has 1 aliphatic heterocycles. The molecule has 3 nitrogen and oxygen atoms in total. The molecule has 1 rings (SSSR count). The van der Waals surface area contributed by atoms with Crippen molar-refractivity contribution in [2.45, 2.75) is 0 Å². The lowest BCUT2D eigenvalue weighted by atomic mass is 10.1. The van der Waals surface area contributed by atoms with Crippen LogP contribution in [-0.4, -0.2) is 19.0 Å². The molecule has 0 aromatic carbocycles. The molecule has 72 valence electrons. The van der Waals surface area contributed by atoms with Crippen LogP contribution in [-0.2, 0) is 4.74 Å². The standard InChI is InChI=1S/C11H12N2O/c1-4-6-9-11(12-5-2)10(14-3)7-8-13-9/h4-8H,1-2H2,3H3/b9-6+,12-11+. The van der Waals surface area contributed by atoms with E-state index >= 15 is 0 Å². The molecule has 0 aliphatic carbocycles. The number of nitrogens with zero attached hydrogens (tertiary/aromatic N) is 2. The zero-order chi connectivity index (χ0) is 10.4. The van der Waals surface area contributed by atoms with Crippen LogP contribution in [0, 0.1) is 0 Å². The van der Waals surface area contributed by atoms with Gasteiger partial charge < -0.3 is 4.74 Å². The number of hydrogen-bond donors (Lipinski definition) is 0. The largest absolute Gasteiger partial charge is 0.494 e. The molecule has 0 saturated heterocycles. The molecule has 0 N–H and O–H groups in total. The number of dihydropyridines is 1. The van der Waals surface area contributed by atoms with E-state index < -0.39 is 0 Å². The molecule has 0 amide bonds. The number of hydrogen-bond acceptors (Lipinski definition) is 3. The van der Waals surface area contributed by atoms with Crippen molar-refractivity contribution in [1.82, 2.24) is 0 Å². The predicted octanol–water partition coefficient (Wildman–Crippen LogP) is 2.26. The Labute approximate surface area is 83.5 Å². The van der Waals surface area contributed by atoms with Gasteiger partial charge in [-0.3, -0.25) is 9.98 Å². The molecule has 1 aliphatic rings. The minimum absolute atomic E-state index is 0.671. The summed E-state index contributed by atoms with van der Waals surface area (Å²) in [6, 6.07) is 0. The Kier molecular flexibility index (Phi) is 3.61. The van der Waals surface area contributed by atoms with Crippen LogP contribution in [0.5, 0.6) is 0 Å². The van der Waals surface area contributed by atoms with Crippen LogP contribution in [0.15, 0.2) is 59.0 Å². The normalized spacial score (nSPS) is 20.8. The molecule has 3 heteroatoms. The number of aliphatic imine (C=N–C) groups is 2. The van der Waals surface area contributed by atoms with Crippen molar-refractivity contribution in [2.24, 2.45) is 9.98 Å². The zero-order valence-corrected chi connectivity index (χ0v) is 8.10. The highest BCUT2D eigenvalue weighted by Gasteiger charge is 2.14. The van der Waals surface area contributed by atoms with E-state index in [-0.39, 0.29) is 0 Å². The van der Waals surface area contributed by atoms with E-state index in [1.807, 2.05) is 0 Å². The van der Waals surface area contributed by atoms with Crippen molar-refractivity contribution in [2.75, 3.05) is 7.11 Å². The van der Waals surface area contributed by atoms with Gasteiger partial charge in [0, 0.05) is 18.5 Å². The highest BCUT2D eigenvalue weighted by atomic mass is 16.5. The van der Waals surface area contributed by atoms with Gasteiger partial charge in [-0.2, -0.15) is 0 Å². The maximum absolute atomic E-state index is 5.15. The van der Waals surface area contributed by atoms with E-state index in [2.05, 4.69) is 23.1 Å². The maximum atomic E-state index is 5.15. The van der Waals surface area contributed by atoms with Gasteiger partial charge in [0.2, 0.25) is 0 Å². The Balaban J connectivity index is 3.14. The third kappa shape index (κ3) is 2.07. The Hall–Kier alpha value is -1.90. The molecule has 0 aromatic heterocycles. The highest BCUT2D eigenvalue weighted by Crippen LogP contribution is 2.14. The van der Waals surface area contributed by atoms with Gasteiger partial charge in [-0.05, 0) is 6.08 Å². The van der Waals surface area contributed by atoms with Crippen LogP contribution in [0.2, 0.25) is 0 Å². The molecular weight excluding hydrogens is 176 g/mol. The summed E-state index contributed by atoms with van der Waals surface area (Å²) in [7, 11) is 1.59. The van der Waals surface area contributed by atoms with Gasteiger partial charge in [0.25, 0.3) is 0 Å². The SMILES string of the molecule is C=C/C=C1/N=CC=C(OC)/C1=N/C=C. The summed E-state index contributed by atoms with van der Waals surface area (Å²) in [6.07, 6.45) is 8.30. The fourth-order valence-corrected chi connectivity index (χ4v) is 1.07. The van der Waals surface area contributed by atoms with Crippen LogP contribution in [0.3, 0.4) is 0 Å².